The summed E-state index contributed by atoms with van der Waals surface area (Å²) >= 11 is 0. The van der Waals surface area contributed by atoms with Crippen molar-refractivity contribution < 1.29 is 17.9 Å². The van der Waals surface area contributed by atoms with E-state index >= 15 is 0 Å². The van der Waals surface area contributed by atoms with Crippen molar-refractivity contribution in [3.8, 4) is 5.75 Å². The van der Waals surface area contributed by atoms with Gasteiger partial charge in [0.05, 0.1) is 29.5 Å². The van der Waals surface area contributed by atoms with Crippen LogP contribution in [0.15, 0.2) is 24.4 Å². The fourth-order valence-electron chi connectivity index (χ4n) is 2.99. The summed E-state index contributed by atoms with van der Waals surface area (Å²) in [5.74, 6) is 0.150. The van der Waals surface area contributed by atoms with Crippen molar-refractivity contribution in [1.29, 1.82) is 0 Å². The number of rotatable bonds is 3. The normalized spacial score (nSPS) is 20.8. The maximum absolute atomic E-state index is 12.7. The Morgan fingerprint density at radius 3 is 2.76 bits per heavy atom. The third-order valence-electron chi connectivity index (χ3n) is 4.06. The zero-order valence-electron chi connectivity index (χ0n) is 12.0. The number of methoxy groups -OCH3 is 1. The third-order valence-corrected chi connectivity index (χ3v) is 5.83. The van der Waals surface area contributed by atoms with E-state index in [-0.39, 0.29) is 17.3 Å². The van der Waals surface area contributed by atoms with Crippen LogP contribution in [0.25, 0.3) is 10.9 Å². The second kappa shape index (κ2) is 4.87. The van der Waals surface area contributed by atoms with Gasteiger partial charge in [0.2, 0.25) is 0 Å². The summed E-state index contributed by atoms with van der Waals surface area (Å²) in [6, 6.07) is 5.60. The minimum absolute atomic E-state index is 0.0443. The topological polar surface area (TPSA) is 65.4 Å². The van der Waals surface area contributed by atoms with Gasteiger partial charge in [0.25, 0.3) is 0 Å². The Morgan fingerprint density at radius 2 is 2.14 bits per heavy atom. The highest BCUT2D eigenvalue weighted by Crippen LogP contribution is 2.33. The van der Waals surface area contributed by atoms with Crippen LogP contribution in [-0.2, 0) is 16.9 Å². The lowest BCUT2D eigenvalue weighted by Gasteiger charge is -2.07. The second-order valence-corrected chi connectivity index (χ2v) is 7.70. The monoisotopic (exact) mass is 307 g/mol. The van der Waals surface area contributed by atoms with Crippen LogP contribution >= 0.6 is 0 Å². The Hall–Kier alpha value is -1.82. The standard InChI is InChI=1S/C15H17NO4S/c1-16-8-11(14-12(16)4-3-5-13(14)20-2)15(17)10-6-7-21(18,19)9-10/h3-5,8,10H,6-7,9H2,1-2H3. The van der Waals surface area contributed by atoms with E-state index < -0.39 is 15.8 Å². The smallest absolute Gasteiger partial charge is 0.169 e. The first-order valence-electron chi connectivity index (χ1n) is 6.79. The Bertz CT molecular complexity index is 820. The average Bonchev–Trinajstić information content (AvgIpc) is 2.99. The van der Waals surface area contributed by atoms with Crippen LogP contribution in [0.1, 0.15) is 16.8 Å². The molecule has 1 aliphatic rings. The fraction of sp³-hybridized carbons (Fsp3) is 0.400. The molecule has 1 atom stereocenters. The summed E-state index contributed by atoms with van der Waals surface area (Å²) in [5.41, 5.74) is 1.45. The molecule has 0 amide bonds. The predicted octanol–water partition coefficient (Wildman–Crippen LogP) is 1.80. The van der Waals surface area contributed by atoms with Gasteiger partial charge in [-0.15, -0.1) is 0 Å². The molecule has 1 saturated heterocycles. The van der Waals surface area contributed by atoms with E-state index in [1.807, 2.05) is 29.8 Å². The summed E-state index contributed by atoms with van der Waals surface area (Å²) in [4.78, 5) is 12.7. The van der Waals surface area contributed by atoms with E-state index in [1.54, 1.807) is 13.3 Å². The molecule has 112 valence electrons. The van der Waals surface area contributed by atoms with E-state index in [9.17, 15) is 13.2 Å². The summed E-state index contributed by atoms with van der Waals surface area (Å²) in [6.07, 6.45) is 2.17. The quantitative estimate of drug-likeness (QED) is 0.811. The van der Waals surface area contributed by atoms with Crippen LogP contribution in [0.2, 0.25) is 0 Å². The van der Waals surface area contributed by atoms with Crippen LogP contribution in [0, 0.1) is 5.92 Å². The average molecular weight is 307 g/mol. The van der Waals surface area contributed by atoms with E-state index in [0.29, 0.717) is 17.7 Å². The molecule has 21 heavy (non-hydrogen) atoms. The summed E-state index contributed by atoms with van der Waals surface area (Å²) in [5, 5.41) is 0.761. The van der Waals surface area contributed by atoms with Crippen molar-refractivity contribution in [1.82, 2.24) is 4.57 Å². The molecule has 0 radical (unpaired) electrons. The molecule has 2 aromatic rings. The van der Waals surface area contributed by atoms with Crippen LogP contribution < -0.4 is 4.74 Å². The minimum Gasteiger partial charge on any atom is -0.496 e. The maximum Gasteiger partial charge on any atom is 0.169 e. The van der Waals surface area contributed by atoms with Gasteiger partial charge in [0.1, 0.15) is 5.75 Å². The van der Waals surface area contributed by atoms with E-state index in [2.05, 4.69) is 0 Å². The van der Waals surface area contributed by atoms with Gasteiger partial charge in [-0.3, -0.25) is 4.79 Å². The van der Waals surface area contributed by atoms with Crippen LogP contribution in [0.5, 0.6) is 5.75 Å². The van der Waals surface area contributed by atoms with Crippen LogP contribution in [0.3, 0.4) is 0 Å². The van der Waals surface area contributed by atoms with Gasteiger partial charge in [-0.05, 0) is 18.6 Å². The SMILES string of the molecule is COc1cccc2c1c(C(=O)C1CCS(=O)(=O)C1)cn2C. The number of aryl methyl sites for hydroxylation is 1. The van der Waals surface area contributed by atoms with Gasteiger partial charge in [-0.1, -0.05) is 6.07 Å². The van der Waals surface area contributed by atoms with Crippen LogP contribution in [0.4, 0.5) is 0 Å². The number of carbonyl (C=O) groups is 1. The fourth-order valence-corrected chi connectivity index (χ4v) is 4.73. The molecule has 0 N–H and O–H groups in total. The van der Waals surface area contributed by atoms with E-state index in [0.717, 1.165) is 10.9 Å². The molecule has 0 spiro atoms. The number of Topliss-reactive ketones (excluding diaryl/α,β-unsaturated/α-hetero) is 1. The number of carbonyl (C=O) groups excluding carboxylic acids is 1. The predicted molar refractivity (Wildman–Crippen MR) is 80.6 cm³/mol. The van der Waals surface area contributed by atoms with Crippen molar-refractivity contribution >= 4 is 26.5 Å². The highest BCUT2D eigenvalue weighted by atomic mass is 32.2. The summed E-state index contributed by atoms with van der Waals surface area (Å²) < 4.78 is 30.4. The number of hydrogen-bond acceptors (Lipinski definition) is 4. The number of hydrogen-bond donors (Lipinski definition) is 0. The number of fused-ring (bicyclic) bond motifs is 1. The van der Waals surface area contributed by atoms with Crippen LogP contribution in [-0.4, -0.2) is 37.4 Å². The number of benzene rings is 1. The first-order chi connectivity index (χ1) is 9.93. The molecular formula is C15H17NO4S. The van der Waals surface area contributed by atoms with Crippen molar-refractivity contribution in [3.05, 3.63) is 30.0 Å². The Morgan fingerprint density at radius 1 is 1.38 bits per heavy atom. The summed E-state index contributed by atoms with van der Waals surface area (Å²) in [6.45, 7) is 0. The molecule has 1 aliphatic heterocycles. The van der Waals surface area contributed by atoms with Crippen molar-refractivity contribution in [2.75, 3.05) is 18.6 Å². The highest BCUT2D eigenvalue weighted by Gasteiger charge is 2.34. The first-order valence-corrected chi connectivity index (χ1v) is 8.62. The number of nitrogens with zero attached hydrogens (tertiary/aromatic N) is 1. The molecule has 0 saturated carbocycles. The van der Waals surface area contributed by atoms with Crippen molar-refractivity contribution in [2.45, 2.75) is 6.42 Å². The zero-order valence-corrected chi connectivity index (χ0v) is 12.8. The van der Waals surface area contributed by atoms with Crippen molar-refractivity contribution in [2.24, 2.45) is 13.0 Å². The number of aromatic nitrogens is 1. The lowest BCUT2D eigenvalue weighted by molar-refractivity contribution is 0.0934. The number of ether oxygens (including phenoxy) is 1. The Kier molecular flexibility index (Phi) is 3.28. The molecule has 0 bridgehead atoms. The van der Waals surface area contributed by atoms with Gasteiger partial charge in [-0.25, -0.2) is 8.42 Å². The molecule has 2 heterocycles. The number of sulfone groups is 1. The lowest BCUT2D eigenvalue weighted by atomic mass is 9.96. The largest absolute Gasteiger partial charge is 0.496 e. The second-order valence-electron chi connectivity index (χ2n) is 5.47. The van der Waals surface area contributed by atoms with Gasteiger partial charge >= 0.3 is 0 Å². The molecule has 1 aromatic heterocycles. The zero-order chi connectivity index (χ0) is 15.2. The molecular weight excluding hydrogens is 290 g/mol. The molecule has 1 unspecified atom stereocenters. The molecule has 6 heteroatoms. The van der Waals surface area contributed by atoms with Gasteiger partial charge in [0.15, 0.2) is 15.6 Å². The Labute approximate surface area is 123 Å². The summed E-state index contributed by atoms with van der Waals surface area (Å²) in [7, 11) is 0.361. The lowest BCUT2D eigenvalue weighted by Crippen LogP contribution is -2.16. The molecule has 0 aliphatic carbocycles. The minimum atomic E-state index is -3.07. The van der Waals surface area contributed by atoms with Crippen molar-refractivity contribution in [3.63, 3.8) is 0 Å². The molecule has 1 fully saturated rings. The molecule has 5 nitrogen and oxygen atoms in total. The number of ketones is 1. The molecule has 1 aromatic carbocycles. The van der Waals surface area contributed by atoms with E-state index in [4.69, 9.17) is 4.74 Å². The first kappa shape index (κ1) is 14.1. The molecule has 3 rings (SSSR count). The maximum atomic E-state index is 12.7. The van der Waals surface area contributed by atoms with Gasteiger partial charge < -0.3 is 9.30 Å². The van der Waals surface area contributed by atoms with Gasteiger partial charge in [0, 0.05) is 24.7 Å². The Balaban J connectivity index is 2.11. The highest BCUT2D eigenvalue weighted by molar-refractivity contribution is 7.91. The van der Waals surface area contributed by atoms with E-state index in [1.165, 1.54) is 0 Å². The third kappa shape index (κ3) is 2.33. The van der Waals surface area contributed by atoms with Gasteiger partial charge in [-0.2, -0.15) is 0 Å².